The van der Waals surface area contributed by atoms with Crippen molar-refractivity contribution in [2.75, 3.05) is 11.0 Å². The van der Waals surface area contributed by atoms with E-state index in [1.807, 2.05) is 0 Å². The van der Waals surface area contributed by atoms with Crippen LogP contribution in [0.1, 0.15) is 33.2 Å². The van der Waals surface area contributed by atoms with Crippen molar-refractivity contribution in [3.8, 4) is 0 Å². The van der Waals surface area contributed by atoms with Crippen LogP contribution in [0.4, 0.5) is 11.4 Å². The van der Waals surface area contributed by atoms with Gasteiger partial charge < -0.3 is 4.74 Å². The number of nitrogens with one attached hydrogen (secondary N) is 1. The van der Waals surface area contributed by atoms with E-state index >= 15 is 0 Å². The van der Waals surface area contributed by atoms with Crippen molar-refractivity contribution in [2.24, 2.45) is 0 Å². The topological polar surface area (TPSA) is 133 Å². The Morgan fingerprint density at radius 3 is 2.29 bits per heavy atom. The number of hydrogen-bond acceptors (Lipinski definition) is 7. The molecule has 0 amide bonds. The van der Waals surface area contributed by atoms with Crippen LogP contribution in [0.3, 0.4) is 0 Å². The number of rotatable bonds is 7. The first-order valence-electron chi connectivity index (χ1n) is 8.06. The number of nitro benzene ring substituents is 1. The zero-order chi connectivity index (χ0) is 21.1. The molecule has 0 aromatic heterocycles. The molecule has 0 aliphatic carbocycles. The molecule has 1 atom stereocenters. The minimum Gasteiger partial charge on any atom is -0.451 e. The van der Waals surface area contributed by atoms with Gasteiger partial charge in [-0.25, -0.2) is 13.2 Å². The fourth-order valence-electron chi connectivity index (χ4n) is 2.47. The number of hydrogen-bond donors (Lipinski definition) is 1. The molecule has 10 heteroatoms. The van der Waals surface area contributed by atoms with Gasteiger partial charge in [-0.15, -0.1) is 0 Å². The van der Waals surface area contributed by atoms with Crippen LogP contribution in [0.2, 0.25) is 0 Å². The number of carbonyl (C=O) groups excluding carboxylic acids is 2. The van der Waals surface area contributed by atoms with Crippen molar-refractivity contribution in [3.63, 3.8) is 0 Å². The fraction of sp³-hybridized carbons (Fsp3) is 0.222. The van der Waals surface area contributed by atoms with Gasteiger partial charge in [0.15, 0.2) is 6.10 Å². The van der Waals surface area contributed by atoms with Gasteiger partial charge in [0, 0.05) is 22.9 Å². The van der Waals surface area contributed by atoms with Crippen molar-refractivity contribution >= 4 is 33.2 Å². The van der Waals surface area contributed by atoms with E-state index in [2.05, 4.69) is 4.72 Å². The third kappa shape index (κ3) is 5.13. The zero-order valence-corrected chi connectivity index (χ0v) is 16.1. The van der Waals surface area contributed by atoms with Crippen LogP contribution in [0.5, 0.6) is 0 Å². The Hall–Kier alpha value is -3.27. The van der Waals surface area contributed by atoms with Gasteiger partial charge in [-0.1, -0.05) is 6.07 Å². The molecular weight excluding hydrogens is 388 g/mol. The standard InChI is InChI=1S/C18H18N2O7S/c1-11-15(5-4-6-16(11)20(23)24)18(22)27-12(2)17(21)13-7-9-14(10-8-13)19-28(3,25)26/h4-10,12,19H,1-3H3. The Morgan fingerprint density at radius 2 is 1.75 bits per heavy atom. The molecular formula is C18H18N2O7S. The van der Waals surface area contributed by atoms with Crippen molar-refractivity contribution in [2.45, 2.75) is 20.0 Å². The lowest BCUT2D eigenvalue weighted by molar-refractivity contribution is -0.385. The number of nitro groups is 1. The summed E-state index contributed by atoms with van der Waals surface area (Å²) in [5.41, 5.74) is 0.434. The Bertz CT molecular complexity index is 1030. The number of ether oxygens (including phenoxy) is 1. The second kappa shape index (κ2) is 8.17. The summed E-state index contributed by atoms with van der Waals surface area (Å²) in [5.74, 6) is -1.35. The number of anilines is 1. The third-order valence-electron chi connectivity index (χ3n) is 3.85. The molecule has 2 aromatic carbocycles. The van der Waals surface area contributed by atoms with Crippen LogP contribution >= 0.6 is 0 Å². The lowest BCUT2D eigenvalue weighted by Gasteiger charge is -2.14. The molecule has 0 fully saturated rings. The number of carbonyl (C=O) groups is 2. The van der Waals surface area contributed by atoms with Gasteiger partial charge in [0.05, 0.1) is 16.7 Å². The van der Waals surface area contributed by atoms with Crippen LogP contribution < -0.4 is 4.72 Å². The first kappa shape index (κ1) is 21.0. The molecule has 0 heterocycles. The monoisotopic (exact) mass is 406 g/mol. The van der Waals surface area contributed by atoms with Gasteiger partial charge in [0.1, 0.15) is 0 Å². The second-order valence-electron chi connectivity index (χ2n) is 6.07. The molecule has 1 unspecified atom stereocenters. The van der Waals surface area contributed by atoms with Crippen molar-refractivity contribution in [1.82, 2.24) is 0 Å². The van der Waals surface area contributed by atoms with E-state index in [0.29, 0.717) is 0 Å². The fourth-order valence-corrected chi connectivity index (χ4v) is 3.04. The molecule has 2 aromatic rings. The molecule has 0 saturated carbocycles. The van der Waals surface area contributed by atoms with Crippen molar-refractivity contribution < 1.29 is 27.7 Å². The summed E-state index contributed by atoms with van der Waals surface area (Å²) in [4.78, 5) is 35.1. The molecule has 0 aliphatic heterocycles. The van der Waals surface area contributed by atoms with Crippen LogP contribution in [0, 0.1) is 17.0 Å². The number of nitrogens with zero attached hydrogens (tertiary/aromatic N) is 1. The normalized spacial score (nSPS) is 12.1. The second-order valence-corrected chi connectivity index (χ2v) is 7.82. The summed E-state index contributed by atoms with van der Waals surface area (Å²) in [6.45, 7) is 2.81. The average molecular weight is 406 g/mol. The quantitative estimate of drug-likeness (QED) is 0.323. The average Bonchev–Trinajstić information content (AvgIpc) is 2.60. The molecule has 148 valence electrons. The summed E-state index contributed by atoms with van der Waals surface area (Å²) in [6.07, 6.45) is -0.136. The molecule has 9 nitrogen and oxygen atoms in total. The van der Waals surface area contributed by atoms with E-state index < -0.39 is 32.8 Å². The van der Waals surface area contributed by atoms with Crippen molar-refractivity contribution in [3.05, 3.63) is 69.3 Å². The summed E-state index contributed by atoms with van der Waals surface area (Å²) < 4.78 is 29.8. The molecule has 0 aliphatic rings. The first-order chi connectivity index (χ1) is 13.0. The maximum Gasteiger partial charge on any atom is 0.339 e. The summed E-state index contributed by atoms with van der Waals surface area (Å²) in [6, 6.07) is 9.64. The highest BCUT2D eigenvalue weighted by Crippen LogP contribution is 2.22. The van der Waals surface area contributed by atoms with E-state index in [1.165, 1.54) is 56.3 Å². The van der Waals surface area contributed by atoms with Gasteiger partial charge in [0.25, 0.3) is 5.69 Å². The van der Waals surface area contributed by atoms with Crippen LogP contribution in [-0.4, -0.2) is 37.5 Å². The molecule has 28 heavy (non-hydrogen) atoms. The van der Waals surface area contributed by atoms with Crippen LogP contribution in [-0.2, 0) is 14.8 Å². The predicted molar refractivity (Wildman–Crippen MR) is 102 cm³/mol. The minimum absolute atomic E-state index is 0.00144. The summed E-state index contributed by atoms with van der Waals surface area (Å²) >= 11 is 0. The first-order valence-corrected chi connectivity index (χ1v) is 9.96. The highest BCUT2D eigenvalue weighted by Gasteiger charge is 2.24. The molecule has 0 bridgehead atoms. The third-order valence-corrected chi connectivity index (χ3v) is 4.45. The van der Waals surface area contributed by atoms with Crippen LogP contribution in [0.15, 0.2) is 42.5 Å². The van der Waals surface area contributed by atoms with Gasteiger partial charge in [-0.05, 0) is 44.2 Å². The van der Waals surface area contributed by atoms with Crippen molar-refractivity contribution in [1.29, 1.82) is 0 Å². The van der Waals surface area contributed by atoms with E-state index in [1.54, 1.807) is 0 Å². The summed E-state index contributed by atoms with van der Waals surface area (Å²) in [7, 11) is -3.44. The SMILES string of the molecule is Cc1c(C(=O)OC(C)C(=O)c2ccc(NS(C)(=O)=O)cc2)cccc1[N+](=O)[O-]. The Balaban J connectivity index is 2.13. The largest absolute Gasteiger partial charge is 0.451 e. The molecule has 0 saturated heterocycles. The van der Waals surface area contributed by atoms with Gasteiger partial charge in [0.2, 0.25) is 15.8 Å². The molecule has 1 N–H and O–H groups in total. The number of sulfonamides is 1. The predicted octanol–water partition coefficient (Wildman–Crippen LogP) is 2.70. The number of Topliss-reactive ketones (excluding diaryl/α,β-unsaturated/α-hetero) is 1. The Labute approximate surface area is 161 Å². The van der Waals surface area contributed by atoms with E-state index in [0.717, 1.165) is 6.26 Å². The Kier molecular flexibility index (Phi) is 6.14. The van der Waals surface area contributed by atoms with Gasteiger partial charge in [-0.2, -0.15) is 0 Å². The van der Waals surface area contributed by atoms with E-state index in [-0.39, 0.29) is 28.1 Å². The Morgan fingerprint density at radius 1 is 1.14 bits per heavy atom. The van der Waals surface area contributed by atoms with Gasteiger partial charge in [-0.3, -0.25) is 19.6 Å². The number of esters is 1. The number of benzene rings is 2. The molecule has 0 spiro atoms. The highest BCUT2D eigenvalue weighted by atomic mass is 32.2. The van der Waals surface area contributed by atoms with Gasteiger partial charge >= 0.3 is 5.97 Å². The van der Waals surface area contributed by atoms with E-state index in [9.17, 15) is 28.1 Å². The maximum absolute atomic E-state index is 12.4. The van der Waals surface area contributed by atoms with Crippen LogP contribution in [0.25, 0.3) is 0 Å². The number of ketones is 1. The maximum atomic E-state index is 12.4. The molecule has 0 radical (unpaired) electrons. The lowest BCUT2D eigenvalue weighted by Crippen LogP contribution is -2.25. The zero-order valence-electron chi connectivity index (χ0n) is 15.3. The molecule has 2 rings (SSSR count). The smallest absolute Gasteiger partial charge is 0.339 e. The lowest BCUT2D eigenvalue weighted by atomic mass is 10.1. The summed E-state index contributed by atoms with van der Waals surface area (Å²) in [5, 5.41) is 11.0. The van der Waals surface area contributed by atoms with E-state index in [4.69, 9.17) is 4.74 Å². The highest BCUT2D eigenvalue weighted by molar-refractivity contribution is 7.92. The minimum atomic E-state index is -3.44.